The molecule has 1 heterocycles. The van der Waals surface area contributed by atoms with Gasteiger partial charge in [0.1, 0.15) is 11.5 Å². The van der Waals surface area contributed by atoms with Crippen LogP contribution in [0, 0.1) is 0 Å². The molecular formula is C20H34N4O4S. The molecule has 0 amide bonds. The van der Waals surface area contributed by atoms with Crippen LogP contribution in [-0.4, -0.2) is 89.2 Å². The zero-order chi connectivity index (χ0) is 21.3. The van der Waals surface area contributed by atoms with Gasteiger partial charge in [0.15, 0.2) is 15.8 Å². The maximum atomic E-state index is 11.7. The monoisotopic (exact) mass is 426 g/mol. The van der Waals surface area contributed by atoms with Gasteiger partial charge in [-0.05, 0) is 25.1 Å². The Morgan fingerprint density at radius 3 is 2.45 bits per heavy atom. The number of piperazine rings is 1. The van der Waals surface area contributed by atoms with Gasteiger partial charge in [0.05, 0.1) is 26.5 Å². The van der Waals surface area contributed by atoms with Crippen LogP contribution in [0.3, 0.4) is 0 Å². The van der Waals surface area contributed by atoms with E-state index in [0.29, 0.717) is 6.54 Å². The molecule has 0 saturated carbocycles. The topological polar surface area (TPSA) is 83.5 Å². The molecule has 1 fully saturated rings. The predicted molar refractivity (Wildman–Crippen MR) is 117 cm³/mol. The number of nitrogens with one attached hydrogen (secondary N) is 1. The Kier molecular flexibility index (Phi) is 9.03. The van der Waals surface area contributed by atoms with E-state index in [4.69, 9.17) is 9.47 Å². The van der Waals surface area contributed by atoms with Crippen molar-refractivity contribution in [2.24, 2.45) is 4.99 Å². The molecular weight excluding hydrogens is 392 g/mol. The molecule has 8 nitrogen and oxygen atoms in total. The Labute approximate surface area is 174 Å². The van der Waals surface area contributed by atoms with Crippen LogP contribution in [0.1, 0.15) is 19.4 Å². The Balaban J connectivity index is 1.96. The SMILES string of the molecule is CCNC(=NCCS(=O)(=O)CC)N1CCN(Cc2cc(OC)ccc2OC)CC1. The first kappa shape index (κ1) is 23.3. The number of aliphatic imine (C=N–C) groups is 1. The molecule has 1 aromatic rings. The van der Waals surface area contributed by atoms with Crippen molar-refractivity contribution < 1.29 is 17.9 Å². The second-order valence-electron chi connectivity index (χ2n) is 6.91. The van der Waals surface area contributed by atoms with Gasteiger partial charge in [-0.1, -0.05) is 6.92 Å². The van der Waals surface area contributed by atoms with E-state index in [-0.39, 0.29) is 11.5 Å². The number of hydrogen-bond donors (Lipinski definition) is 1. The second-order valence-corrected chi connectivity index (χ2v) is 9.39. The Bertz CT molecular complexity index is 775. The third-order valence-electron chi connectivity index (χ3n) is 4.99. The Morgan fingerprint density at radius 2 is 1.86 bits per heavy atom. The molecule has 1 aromatic carbocycles. The summed E-state index contributed by atoms with van der Waals surface area (Å²) in [5, 5.41) is 3.28. The zero-order valence-corrected chi connectivity index (χ0v) is 18.8. The predicted octanol–water partition coefficient (Wildman–Crippen LogP) is 1.22. The lowest BCUT2D eigenvalue weighted by Crippen LogP contribution is -2.52. The fourth-order valence-corrected chi connectivity index (χ4v) is 3.88. The van der Waals surface area contributed by atoms with Crippen molar-refractivity contribution in [3.8, 4) is 11.5 Å². The number of benzene rings is 1. The van der Waals surface area contributed by atoms with Crippen LogP contribution in [0.2, 0.25) is 0 Å². The minimum atomic E-state index is -3.00. The van der Waals surface area contributed by atoms with E-state index in [2.05, 4.69) is 20.1 Å². The number of nitrogens with zero attached hydrogens (tertiary/aromatic N) is 3. The number of hydrogen-bond acceptors (Lipinski definition) is 6. The summed E-state index contributed by atoms with van der Waals surface area (Å²) in [6.45, 7) is 8.95. The van der Waals surface area contributed by atoms with E-state index in [9.17, 15) is 8.42 Å². The minimum absolute atomic E-state index is 0.0913. The summed E-state index contributed by atoms with van der Waals surface area (Å²) in [7, 11) is 0.346. The van der Waals surface area contributed by atoms with Crippen LogP contribution < -0.4 is 14.8 Å². The lowest BCUT2D eigenvalue weighted by molar-refractivity contribution is 0.171. The summed E-state index contributed by atoms with van der Waals surface area (Å²) in [5.41, 5.74) is 1.10. The second kappa shape index (κ2) is 11.3. The molecule has 0 spiro atoms. The lowest BCUT2D eigenvalue weighted by Gasteiger charge is -2.36. The molecule has 0 aliphatic carbocycles. The average molecular weight is 427 g/mol. The smallest absolute Gasteiger partial charge is 0.194 e. The van der Waals surface area contributed by atoms with Gasteiger partial charge >= 0.3 is 0 Å². The van der Waals surface area contributed by atoms with Crippen molar-refractivity contribution in [1.29, 1.82) is 0 Å². The van der Waals surface area contributed by atoms with Gasteiger partial charge in [-0.2, -0.15) is 0 Å². The fraction of sp³-hybridized carbons (Fsp3) is 0.650. The highest BCUT2D eigenvalue weighted by molar-refractivity contribution is 7.91. The molecule has 29 heavy (non-hydrogen) atoms. The van der Waals surface area contributed by atoms with Crippen molar-refractivity contribution >= 4 is 15.8 Å². The zero-order valence-electron chi connectivity index (χ0n) is 18.0. The van der Waals surface area contributed by atoms with Gasteiger partial charge in [-0.25, -0.2) is 8.42 Å². The molecule has 0 atom stereocenters. The maximum Gasteiger partial charge on any atom is 0.194 e. The first-order valence-electron chi connectivity index (χ1n) is 10.1. The van der Waals surface area contributed by atoms with E-state index in [1.54, 1.807) is 21.1 Å². The molecule has 1 aliphatic rings. The van der Waals surface area contributed by atoms with Crippen LogP contribution in [-0.2, 0) is 16.4 Å². The van der Waals surface area contributed by atoms with E-state index in [0.717, 1.165) is 62.3 Å². The number of rotatable bonds is 9. The maximum absolute atomic E-state index is 11.7. The summed E-state index contributed by atoms with van der Waals surface area (Å²) in [6.07, 6.45) is 0. The van der Waals surface area contributed by atoms with Crippen molar-refractivity contribution in [3.05, 3.63) is 23.8 Å². The number of methoxy groups -OCH3 is 2. The largest absolute Gasteiger partial charge is 0.497 e. The summed E-state index contributed by atoms with van der Waals surface area (Å²) >= 11 is 0. The Morgan fingerprint density at radius 1 is 1.14 bits per heavy atom. The van der Waals surface area contributed by atoms with E-state index >= 15 is 0 Å². The van der Waals surface area contributed by atoms with Crippen LogP contribution >= 0.6 is 0 Å². The van der Waals surface area contributed by atoms with E-state index in [1.807, 2.05) is 25.1 Å². The van der Waals surface area contributed by atoms with Crippen molar-refractivity contribution in [2.75, 3.05) is 65.0 Å². The number of ether oxygens (including phenoxy) is 2. The third-order valence-corrected chi connectivity index (χ3v) is 6.68. The lowest BCUT2D eigenvalue weighted by atomic mass is 10.1. The highest BCUT2D eigenvalue weighted by Gasteiger charge is 2.21. The molecule has 0 aromatic heterocycles. The van der Waals surface area contributed by atoms with Gasteiger partial charge in [-0.15, -0.1) is 0 Å². The first-order chi connectivity index (χ1) is 13.9. The molecule has 0 bridgehead atoms. The fourth-order valence-electron chi connectivity index (χ4n) is 3.22. The van der Waals surface area contributed by atoms with E-state index < -0.39 is 9.84 Å². The molecule has 1 saturated heterocycles. The van der Waals surface area contributed by atoms with Gasteiger partial charge in [0.2, 0.25) is 0 Å². The molecule has 1 aliphatic heterocycles. The Hall–Kier alpha value is -2.00. The van der Waals surface area contributed by atoms with Gasteiger partial charge in [0, 0.05) is 50.6 Å². The molecule has 9 heteroatoms. The summed E-state index contributed by atoms with van der Waals surface area (Å²) in [5.74, 6) is 2.72. The standard InChI is InChI=1S/C20H34N4O4S/c1-5-21-20(22-9-14-29(25,26)6-2)24-12-10-23(11-13-24)16-17-15-18(27-3)7-8-19(17)28-4/h7-8,15H,5-6,9-14,16H2,1-4H3,(H,21,22). The summed E-state index contributed by atoms with van der Waals surface area (Å²) in [4.78, 5) is 9.10. The number of sulfone groups is 1. The van der Waals surface area contributed by atoms with Crippen LogP contribution in [0.4, 0.5) is 0 Å². The van der Waals surface area contributed by atoms with Crippen LogP contribution in [0.15, 0.2) is 23.2 Å². The molecule has 1 N–H and O–H groups in total. The first-order valence-corrected chi connectivity index (χ1v) is 11.9. The van der Waals surface area contributed by atoms with Gasteiger partial charge < -0.3 is 19.7 Å². The third kappa shape index (κ3) is 7.08. The van der Waals surface area contributed by atoms with Crippen molar-refractivity contribution in [1.82, 2.24) is 15.1 Å². The summed E-state index contributed by atoms with van der Waals surface area (Å²) < 4.78 is 34.2. The van der Waals surface area contributed by atoms with Gasteiger partial charge in [0.25, 0.3) is 0 Å². The highest BCUT2D eigenvalue weighted by Crippen LogP contribution is 2.25. The van der Waals surface area contributed by atoms with E-state index in [1.165, 1.54) is 0 Å². The molecule has 0 radical (unpaired) electrons. The molecule has 2 rings (SSSR count). The normalized spacial score (nSPS) is 16.0. The minimum Gasteiger partial charge on any atom is -0.497 e. The van der Waals surface area contributed by atoms with Crippen LogP contribution in [0.5, 0.6) is 11.5 Å². The molecule has 0 unspecified atom stereocenters. The van der Waals surface area contributed by atoms with Crippen LogP contribution in [0.25, 0.3) is 0 Å². The quantitative estimate of drug-likeness (QED) is 0.470. The van der Waals surface area contributed by atoms with Crippen molar-refractivity contribution in [2.45, 2.75) is 20.4 Å². The highest BCUT2D eigenvalue weighted by atomic mass is 32.2. The summed E-state index contributed by atoms with van der Waals surface area (Å²) in [6, 6.07) is 5.85. The van der Waals surface area contributed by atoms with Crippen molar-refractivity contribution in [3.63, 3.8) is 0 Å². The van der Waals surface area contributed by atoms with Gasteiger partial charge in [-0.3, -0.25) is 9.89 Å². The molecule has 164 valence electrons. The average Bonchev–Trinajstić information content (AvgIpc) is 2.73. The number of guanidine groups is 1.